The average Bonchev–Trinajstić information content (AvgIpc) is 3.03. The van der Waals surface area contributed by atoms with Crippen LogP contribution in [0.5, 0.6) is 5.75 Å². The van der Waals surface area contributed by atoms with Gasteiger partial charge >= 0.3 is 0 Å². The van der Waals surface area contributed by atoms with Crippen molar-refractivity contribution in [3.05, 3.63) is 125 Å². The zero-order valence-corrected chi connectivity index (χ0v) is 26.7. The molecule has 5 rings (SSSR count). The molecule has 1 heterocycles. The van der Waals surface area contributed by atoms with Crippen LogP contribution in [0.1, 0.15) is 42.4 Å². The Balaban J connectivity index is 1.36. The Morgan fingerprint density at radius 2 is 1.60 bits per heavy atom. The van der Waals surface area contributed by atoms with Crippen molar-refractivity contribution >= 4 is 21.6 Å². The van der Waals surface area contributed by atoms with Gasteiger partial charge in [-0.1, -0.05) is 18.2 Å². The summed E-state index contributed by atoms with van der Waals surface area (Å²) in [5.74, 6) is -3.60. The number of rotatable bonds is 11. The predicted molar refractivity (Wildman–Crippen MR) is 171 cm³/mol. The topological polar surface area (TPSA) is 87.7 Å². The quantitative estimate of drug-likeness (QED) is 0.181. The van der Waals surface area contributed by atoms with Gasteiger partial charge in [0.25, 0.3) is 0 Å². The van der Waals surface area contributed by atoms with E-state index in [1.54, 1.807) is 25.1 Å². The first-order valence-electron chi connectivity index (χ1n) is 15.1. The normalized spacial score (nSPS) is 17.7. The number of nitrogens with zero attached hydrogens (tertiary/aromatic N) is 1. The molecule has 12 heteroatoms. The van der Waals surface area contributed by atoms with Crippen molar-refractivity contribution in [2.45, 2.75) is 49.1 Å². The van der Waals surface area contributed by atoms with Crippen LogP contribution in [-0.2, 0) is 21.2 Å². The lowest BCUT2D eigenvalue weighted by Gasteiger charge is -2.40. The van der Waals surface area contributed by atoms with Gasteiger partial charge in [0.15, 0.2) is 0 Å². The molecule has 1 amide bonds. The van der Waals surface area contributed by atoms with E-state index in [2.05, 4.69) is 10.6 Å². The Morgan fingerprint density at radius 3 is 2.26 bits per heavy atom. The Hall–Kier alpha value is -4.26. The maximum atomic E-state index is 15.3. The second-order valence-electron chi connectivity index (χ2n) is 11.5. The monoisotopic (exact) mass is 669 g/mol. The number of ether oxygens (including phenoxy) is 1. The van der Waals surface area contributed by atoms with Crippen molar-refractivity contribution in [1.29, 1.82) is 0 Å². The number of piperazine rings is 1. The van der Waals surface area contributed by atoms with E-state index in [1.807, 2.05) is 0 Å². The van der Waals surface area contributed by atoms with Gasteiger partial charge in [-0.05, 0) is 91.6 Å². The van der Waals surface area contributed by atoms with Crippen molar-refractivity contribution in [3.8, 4) is 5.75 Å². The number of hydrogen-bond donors (Lipinski definition) is 2. The van der Waals surface area contributed by atoms with E-state index in [4.69, 9.17) is 4.74 Å². The molecule has 0 spiro atoms. The van der Waals surface area contributed by atoms with Crippen LogP contribution >= 0.6 is 0 Å². The zero-order valence-electron chi connectivity index (χ0n) is 25.9. The second kappa shape index (κ2) is 14.7. The predicted octanol–water partition coefficient (Wildman–Crippen LogP) is 6.40. The molecule has 0 aromatic heterocycles. The minimum absolute atomic E-state index is 0.104. The Kier molecular flexibility index (Phi) is 10.6. The van der Waals surface area contributed by atoms with E-state index >= 15 is 4.39 Å². The fourth-order valence-electron chi connectivity index (χ4n) is 6.06. The molecule has 248 valence electrons. The van der Waals surface area contributed by atoms with Crippen LogP contribution in [-0.4, -0.2) is 50.9 Å². The summed E-state index contributed by atoms with van der Waals surface area (Å²) in [4.78, 5) is 13.5. The molecule has 0 radical (unpaired) electrons. The molecule has 2 N–H and O–H groups in total. The highest BCUT2D eigenvalue weighted by Gasteiger charge is 2.38. The van der Waals surface area contributed by atoms with Crippen LogP contribution in [0.25, 0.3) is 0 Å². The van der Waals surface area contributed by atoms with E-state index in [0.29, 0.717) is 24.4 Å². The number of carbonyl (C=O) groups is 1. The van der Waals surface area contributed by atoms with Crippen LogP contribution in [0.15, 0.2) is 89.8 Å². The zero-order chi connectivity index (χ0) is 33.7. The van der Waals surface area contributed by atoms with Gasteiger partial charge in [0.1, 0.15) is 29.0 Å². The number of anilines is 1. The molecule has 1 aliphatic heterocycles. The lowest BCUT2D eigenvalue weighted by Crippen LogP contribution is -2.58. The minimum Gasteiger partial charge on any atom is -0.497 e. The van der Waals surface area contributed by atoms with Gasteiger partial charge in [-0.15, -0.1) is 0 Å². The standard InChI is InChI=1S/C35H35F4N3O4S/c1-22-20-40-21-28(42(22)47(44,45)30-13-11-29(46-2)12-14-30)10-15-31-33(39)4-3-5-34(31)41-35(43)19-32(23-6-8-25(36)9-7-23)24-16-26(37)18-27(38)17-24/h3-9,11-14,16-18,22,28,32,40H,10,15,19-21H2,1-2H3,(H,41,43)/t22-,28?,32+/m1/s1. The molecule has 0 bridgehead atoms. The van der Waals surface area contributed by atoms with Gasteiger partial charge in [0, 0.05) is 54.8 Å². The molecule has 1 fully saturated rings. The van der Waals surface area contributed by atoms with Gasteiger partial charge in [0.05, 0.1) is 12.0 Å². The Bertz CT molecular complexity index is 1800. The lowest BCUT2D eigenvalue weighted by atomic mass is 9.88. The number of methoxy groups -OCH3 is 1. The maximum absolute atomic E-state index is 15.3. The SMILES string of the molecule is COc1ccc(S(=O)(=O)N2C(CCc3c(F)cccc3NC(=O)C[C@@H](c3ccc(F)cc3)c3cc(F)cc(F)c3)CNC[C@H]2C)cc1. The largest absolute Gasteiger partial charge is 0.497 e. The molecule has 1 saturated heterocycles. The molecule has 4 aromatic rings. The van der Waals surface area contributed by atoms with Crippen molar-refractivity contribution in [3.63, 3.8) is 0 Å². The summed E-state index contributed by atoms with van der Waals surface area (Å²) < 4.78 is 91.4. The van der Waals surface area contributed by atoms with Crippen LogP contribution in [0, 0.1) is 23.3 Å². The van der Waals surface area contributed by atoms with E-state index in [1.165, 1.54) is 59.9 Å². The van der Waals surface area contributed by atoms with E-state index < -0.39 is 51.2 Å². The van der Waals surface area contributed by atoms with Crippen LogP contribution in [0.3, 0.4) is 0 Å². The van der Waals surface area contributed by atoms with Crippen LogP contribution < -0.4 is 15.4 Å². The summed E-state index contributed by atoms with van der Waals surface area (Å²) in [6.07, 6.45) is 0.0756. The fourth-order valence-corrected chi connectivity index (χ4v) is 7.90. The Morgan fingerprint density at radius 1 is 0.915 bits per heavy atom. The third-order valence-electron chi connectivity index (χ3n) is 8.32. The number of hydrogen-bond acceptors (Lipinski definition) is 5. The Labute approximate surface area is 271 Å². The van der Waals surface area contributed by atoms with Crippen molar-refractivity contribution < 1.29 is 35.5 Å². The lowest BCUT2D eigenvalue weighted by molar-refractivity contribution is -0.116. The van der Waals surface area contributed by atoms with Gasteiger partial charge in [0.2, 0.25) is 15.9 Å². The number of benzene rings is 4. The molecule has 7 nitrogen and oxygen atoms in total. The third-order valence-corrected chi connectivity index (χ3v) is 10.4. The summed E-state index contributed by atoms with van der Waals surface area (Å²) in [6.45, 7) is 2.59. The molecule has 0 aliphatic carbocycles. The number of halogens is 4. The van der Waals surface area contributed by atoms with E-state index in [0.717, 1.165) is 18.2 Å². The smallest absolute Gasteiger partial charge is 0.243 e. The van der Waals surface area contributed by atoms with Crippen LogP contribution in [0.2, 0.25) is 0 Å². The highest BCUT2D eigenvalue weighted by atomic mass is 32.2. The second-order valence-corrected chi connectivity index (χ2v) is 13.4. The number of sulfonamides is 1. The number of carbonyl (C=O) groups excluding carboxylic acids is 1. The summed E-state index contributed by atoms with van der Waals surface area (Å²) in [7, 11) is -2.41. The summed E-state index contributed by atoms with van der Waals surface area (Å²) in [6, 6.07) is 17.7. The average molecular weight is 670 g/mol. The van der Waals surface area contributed by atoms with E-state index in [-0.39, 0.29) is 47.0 Å². The van der Waals surface area contributed by atoms with Crippen molar-refractivity contribution in [1.82, 2.24) is 9.62 Å². The van der Waals surface area contributed by atoms with E-state index in [9.17, 15) is 26.4 Å². The summed E-state index contributed by atoms with van der Waals surface area (Å²) in [5, 5.41) is 5.99. The first-order chi connectivity index (χ1) is 22.5. The molecule has 4 aromatic carbocycles. The van der Waals surface area contributed by atoms with Gasteiger partial charge in [-0.25, -0.2) is 26.0 Å². The van der Waals surface area contributed by atoms with Gasteiger partial charge < -0.3 is 15.4 Å². The molecular formula is C35H35F4N3O4S. The molecular weight excluding hydrogens is 634 g/mol. The maximum Gasteiger partial charge on any atom is 0.243 e. The van der Waals surface area contributed by atoms with Crippen molar-refractivity contribution in [2.75, 3.05) is 25.5 Å². The number of nitrogens with one attached hydrogen (secondary N) is 2. The van der Waals surface area contributed by atoms with Crippen LogP contribution in [0.4, 0.5) is 23.2 Å². The molecule has 47 heavy (non-hydrogen) atoms. The highest BCUT2D eigenvalue weighted by molar-refractivity contribution is 7.89. The van der Waals surface area contributed by atoms with Crippen molar-refractivity contribution in [2.24, 2.45) is 0 Å². The van der Waals surface area contributed by atoms with Gasteiger partial charge in [-0.3, -0.25) is 4.79 Å². The third kappa shape index (κ3) is 8.01. The summed E-state index contributed by atoms with van der Waals surface area (Å²) in [5.41, 5.74) is 1.03. The van der Waals surface area contributed by atoms with Gasteiger partial charge in [-0.2, -0.15) is 4.31 Å². The molecule has 3 atom stereocenters. The molecule has 0 saturated carbocycles. The summed E-state index contributed by atoms with van der Waals surface area (Å²) >= 11 is 0. The fraction of sp³-hybridized carbons (Fsp3) is 0.286. The minimum atomic E-state index is -3.91. The molecule has 1 unspecified atom stereocenters. The number of amides is 1. The highest BCUT2D eigenvalue weighted by Crippen LogP contribution is 2.32. The molecule has 1 aliphatic rings. The first kappa shape index (κ1) is 34.1. The first-order valence-corrected chi connectivity index (χ1v) is 16.6.